The highest BCUT2D eigenvalue weighted by atomic mass is 79.9. The minimum absolute atomic E-state index is 0.230. The van der Waals surface area contributed by atoms with Gasteiger partial charge in [-0.15, -0.1) is 0 Å². The average molecular weight is 340 g/mol. The third-order valence-electron chi connectivity index (χ3n) is 3.19. The summed E-state index contributed by atoms with van der Waals surface area (Å²) in [6.07, 6.45) is 0. The van der Waals surface area contributed by atoms with E-state index in [-0.39, 0.29) is 17.8 Å². The molecule has 1 aromatic heterocycles. The van der Waals surface area contributed by atoms with Gasteiger partial charge in [-0.1, -0.05) is 13.8 Å². The molecule has 0 aliphatic carbocycles. The maximum absolute atomic E-state index is 13.2. The van der Waals surface area contributed by atoms with Crippen LogP contribution in [0.1, 0.15) is 45.5 Å². The van der Waals surface area contributed by atoms with Crippen molar-refractivity contribution in [1.29, 1.82) is 0 Å². The summed E-state index contributed by atoms with van der Waals surface area (Å²) in [6, 6.07) is 4.78. The lowest BCUT2D eigenvalue weighted by Gasteiger charge is -2.15. The summed E-state index contributed by atoms with van der Waals surface area (Å²) in [6.45, 7) is 8.33. The van der Waals surface area contributed by atoms with E-state index in [1.165, 1.54) is 12.1 Å². The van der Waals surface area contributed by atoms with E-state index in [0.29, 0.717) is 16.0 Å². The van der Waals surface area contributed by atoms with Crippen LogP contribution >= 0.6 is 15.9 Å². The normalized spacial score (nSPS) is 11.6. The molecule has 5 heteroatoms. The van der Waals surface area contributed by atoms with Gasteiger partial charge in [0.05, 0.1) is 0 Å². The molecule has 1 heterocycles. The van der Waals surface area contributed by atoms with Crippen LogP contribution < -0.4 is 5.73 Å². The van der Waals surface area contributed by atoms with E-state index in [2.05, 4.69) is 48.6 Å². The minimum atomic E-state index is -0.286. The van der Waals surface area contributed by atoms with Gasteiger partial charge < -0.3 is 10.3 Å². The monoisotopic (exact) mass is 339 g/mol. The van der Waals surface area contributed by atoms with Gasteiger partial charge in [0.2, 0.25) is 0 Å². The highest BCUT2D eigenvalue weighted by Crippen LogP contribution is 2.35. The van der Waals surface area contributed by atoms with Gasteiger partial charge in [0.1, 0.15) is 23.2 Å². The molecule has 2 aromatic rings. The summed E-state index contributed by atoms with van der Waals surface area (Å²) >= 11 is 3.38. The number of imidazole rings is 1. The Balaban J connectivity index is 2.66. The van der Waals surface area contributed by atoms with Crippen molar-refractivity contribution in [3.8, 4) is 11.3 Å². The van der Waals surface area contributed by atoms with Crippen molar-refractivity contribution in [3.05, 3.63) is 34.3 Å². The molecule has 0 radical (unpaired) electrons. The van der Waals surface area contributed by atoms with E-state index in [1.54, 1.807) is 6.07 Å². The second-order valence-electron chi connectivity index (χ2n) is 5.45. The molecule has 0 saturated heterocycles. The van der Waals surface area contributed by atoms with Crippen LogP contribution in [-0.2, 0) is 0 Å². The maximum Gasteiger partial charge on any atom is 0.132 e. The Morgan fingerprint density at radius 1 is 1.25 bits per heavy atom. The maximum atomic E-state index is 13.2. The van der Waals surface area contributed by atoms with Gasteiger partial charge in [-0.3, -0.25) is 0 Å². The molecule has 0 unspecified atom stereocenters. The van der Waals surface area contributed by atoms with Gasteiger partial charge in [-0.05, 0) is 48.0 Å². The fourth-order valence-corrected chi connectivity index (χ4v) is 2.83. The largest absolute Gasteiger partial charge is 0.383 e. The average Bonchev–Trinajstić information content (AvgIpc) is 2.67. The van der Waals surface area contributed by atoms with Crippen molar-refractivity contribution in [1.82, 2.24) is 9.55 Å². The van der Waals surface area contributed by atoms with Gasteiger partial charge in [-0.2, -0.15) is 0 Å². The first kappa shape index (κ1) is 15.0. The summed E-state index contributed by atoms with van der Waals surface area (Å²) in [4.78, 5) is 4.68. The van der Waals surface area contributed by atoms with E-state index >= 15 is 0 Å². The lowest BCUT2D eigenvalue weighted by atomic mass is 10.1. The molecule has 2 N–H and O–H groups in total. The molecule has 0 atom stereocenters. The lowest BCUT2D eigenvalue weighted by Crippen LogP contribution is -2.10. The van der Waals surface area contributed by atoms with Crippen molar-refractivity contribution in [2.75, 3.05) is 5.73 Å². The number of rotatable bonds is 3. The zero-order chi connectivity index (χ0) is 15.0. The number of aromatic nitrogens is 2. The Kier molecular flexibility index (Phi) is 4.18. The number of anilines is 1. The van der Waals surface area contributed by atoms with Crippen LogP contribution in [-0.4, -0.2) is 9.55 Å². The van der Waals surface area contributed by atoms with Crippen LogP contribution in [0.5, 0.6) is 0 Å². The molecule has 1 aromatic carbocycles. The predicted octanol–water partition coefficient (Wildman–Crippen LogP) is 4.74. The fourth-order valence-electron chi connectivity index (χ4n) is 2.29. The Morgan fingerprint density at radius 3 is 2.35 bits per heavy atom. The highest BCUT2D eigenvalue weighted by molar-refractivity contribution is 9.10. The summed E-state index contributed by atoms with van der Waals surface area (Å²) in [5.74, 6) is 1.55. The summed E-state index contributed by atoms with van der Waals surface area (Å²) in [7, 11) is 0. The van der Waals surface area contributed by atoms with Crippen molar-refractivity contribution in [2.45, 2.75) is 39.7 Å². The lowest BCUT2D eigenvalue weighted by molar-refractivity contribution is 0.556. The quantitative estimate of drug-likeness (QED) is 0.877. The standard InChI is InChI=1S/C15H19BrFN3/c1-8(2)15-19-13(14(18)20(15)9(3)4)11-6-5-10(17)7-12(11)16/h5-9H,18H2,1-4H3. The molecule has 0 saturated carbocycles. The molecule has 0 aliphatic heterocycles. The molecule has 0 spiro atoms. The third-order valence-corrected chi connectivity index (χ3v) is 3.85. The van der Waals surface area contributed by atoms with E-state index in [4.69, 9.17) is 5.73 Å². The first-order chi connectivity index (χ1) is 9.32. The van der Waals surface area contributed by atoms with Gasteiger partial charge in [0.15, 0.2) is 0 Å². The molecule has 2 rings (SSSR count). The van der Waals surface area contributed by atoms with Crippen LogP contribution in [0.15, 0.2) is 22.7 Å². The first-order valence-electron chi connectivity index (χ1n) is 6.66. The minimum Gasteiger partial charge on any atom is -0.383 e. The van der Waals surface area contributed by atoms with Crippen LogP contribution in [0.2, 0.25) is 0 Å². The molecular weight excluding hydrogens is 321 g/mol. The zero-order valence-corrected chi connectivity index (χ0v) is 13.7. The molecule has 3 nitrogen and oxygen atoms in total. The smallest absolute Gasteiger partial charge is 0.132 e. The van der Waals surface area contributed by atoms with Crippen molar-refractivity contribution in [3.63, 3.8) is 0 Å². The summed E-state index contributed by atoms with van der Waals surface area (Å²) in [5.41, 5.74) is 7.78. The predicted molar refractivity (Wildman–Crippen MR) is 84.2 cm³/mol. The Hall–Kier alpha value is -1.36. The Labute approximate surface area is 127 Å². The van der Waals surface area contributed by atoms with Gasteiger partial charge in [-0.25, -0.2) is 9.37 Å². The molecule has 0 amide bonds. The first-order valence-corrected chi connectivity index (χ1v) is 7.45. The van der Waals surface area contributed by atoms with Crippen molar-refractivity contribution >= 4 is 21.7 Å². The van der Waals surface area contributed by atoms with Crippen molar-refractivity contribution in [2.24, 2.45) is 0 Å². The highest BCUT2D eigenvalue weighted by Gasteiger charge is 2.21. The van der Waals surface area contributed by atoms with E-state index in [0.717, 1.165) is 11.4 Å². The zero-order valence-electron chi connectivity index (χ0n) is 12.1. The summed E-state index contributed by atoms with van der Waals surface area (Å²) < 4.78 is 15.9. The summed E-state index contributed by atoms with van der Waals surface area (Å²) in [5, 5.41) is 0. The number of benzene rings is 1. The van der Waals surface area contributed by atoms with Crippen LogP contribution in [0, 0.1) is 5.82 Å². The van der Waals surface area contributed by atoms with Gasteiger partial charge >= 0.3 is 0 Å². The second-order valence-corrected chi connectivity index (χ2v) is 6.30. The van der Waals surface area contributed by atoms with Gasteiger partial charge in [0, 0.05) is 22.0 Å². The SMILES string of the molecule is CC(C)c1nc(-c2ccc(F)cc2Br)c(N)n1C(C)C. The second kappa shape index (κ2) is 5.56. The Morgan fingerprint density at radius 2 is 1.90 bits per heavy atom. The third kappa shape index (κ3) is 2.59. The van der Waals surface area contributed by atoms with Crippen LogP contribution in [0.25, 0.3) is 11.3 Å². The number of nitrogen functional groups attached to an aromatic ring is 1. The number of hydrogen-bond donors (Lipinski definition) is 1. The van der Waals surface area contributed by atoms with E-state index in [1.807, 2.05) is 4.57 Å². The molecule has 0 bridgehead atoms. The van der Waals surface area contributed by atoms with Gasteiger partial charge in [0.25, 0.3) is 0 Å². The number of halogens is 2. The Bertz CT molecular complexity index is 632. The number of nitrogens with zero attached hydrogens (tertiary/aromatic N) is 2. The molecule has 0 fully saturated rings. The van der Waals surface area contributed by atoms with E-state index < -0.39 is 0 Å². The van der Waals surface area contributed by atoms with E-state index in [9.17, 15) is 4.39 Å². The van der Waals surface area contributed by atoms with Crippen molar-refractivity contribution < 1.29 is 4.39 Å². The molecule has 0 aliphatic rings. The molecule has 20 heavy (non-hydrogen) atoms. The number of nitrogens with two attached hydrogens (primary N) is 1. The van der Waals surface area contributed by atoms with Crippen LogP contribution in [0.3, 0.4) is 0 Å². The topological polar surface area (TPSA) is 43.8 Å². The molecule has 108 valence electrons. The molecular formula is C15H19BrFN3. The van der Waals surface area contributed by atoms with Crippen LogP contribution in [0.4, 0.5) is 10.2 Å². The number of hydrogen-bond acceptors (Lipinski definition) is 2. The fraction of sp³-hybridized carbons (Fsp3) is 0.400.